The zero-order valence-electron chi connectivity index (χ0n) is 33.2. The molecule has 13 heteroatoms. The summed E-state index contributed by atoms with van der Waals surface area (Å²) in [5.41, 5.74) is -0.409. The summed E-state index contributed by atoms with van der Waals surface area (Å²) < 4.78 is 42.6. The second-order valence-electron chi connectivity index (χ2n) is 19.0. The molecule has 0 aromatic rings. The van der Waals surface area contributed by atoms with Crippen LogP contribution in [0.4, 0.5) is 0 Å². The number of aliphatic hydroxyl groups excluding tert-OH is 5. The molecule has 4 aliphatic carbocycles. The van der Waals surface area contributed by atoms with Gasteiger partial charge in [-0.3, -0.25) is 0 Å². The van der Waals surface area contributed by atoms with Gasteiger partial charge in [0.15, 0.2) is 18.9 Å². The van der Waals surface area contributed by atoms with Crippen molar-refractivity contribution in [1.82, 2.24) is 0 Å². The summed E-state index contributed by atoms with van der Waals surface area (Å²) in [7, 11) is 0. The molecule has 0 bridgehead atoms. The Balaban J connectivity index is 0.837. The van der Waals surface area contributed by atoms with Crippen molar-refractivity contribution in [2.45, 2.75) is 197 Å². The highest BCUT2D eigenvalue weighted by Gasteiger charge is 2.71. The molecule has 0 amide bonds. The summed E-state index contributed by atoms with van der Waals surface area (Å²) in [6.45, 7) is 14.3. The Morgan fingerprint density at radius 2 is 1.29 bits per heavy atom. The van der Waals surface area contributed by atoms with Crippen molar-refractivity contribution >= 4 is 0 Å². The number of aliphatic hydroxyl groups is 6. The van der Waals surface area contributed by atoms with Gasteiger partial charge in [-0.2, -0.15) is 0 Å². The molecule has 0 radical (unpaired) electrons. The maximum absolute atomic E-state index is 12.6. The van der Waals surface area contributed by atoms with Crippen molar-refractivity contribution in [1.29, 1.82) is 0 Å². The monoisotopic (exact) mass is 778 g/mol. The highest BCUT2D eigenvalue weighted by Crippen LogP contribution is 2.70. The molecular weight excluding hydrogens is 712 g/mol. The first-order valence-electron chi connectivity index (χ1n) is 21.1. The normalized spacial score (nSPS) is 55.5. The van der Waals surface area contributed by atoms with E-state index in [0.717, 1.165) is 44.1 Å². The van der Waals surface area contributed by atoms with Gasteiger partial charge in [0.2, 0.25) is 0 Å². The van der Waals surface area contributed by atoms with Crippen molar-refractivity contribution in [2.75, 3.05) is 6.61 Å². The van der Waals surface area contributed by atoms with E-state index < -0.39 is 90.9 Å². The summed E-state index contributed by atoms with van der Waals surface area (Å²) in [4.78, 5) is 0. The number of hydrogen-bond acceptors (Lipinski definition) is 13. The Morgan fingerprint density at radius 1 is 0.691 bits per heavy atom. The van der Waals surface area contributed by atoms with Crippen LogP contribution >= 0.6 is 0 Å². The molecule has 4 aliphatic heterocycles. The molecule has 55 heavy (non-hydrogen) atoms. The quantitative estimate of drug-likeness (QED) is 0.207. The second-order valence-corrected chi connectivity index (χ2v) is 19.0. The SMILES string of the molecule is C=C1C=C([C@H]2CC[C@]3(O)C4CC[C@@H]5C[C@@H](O[C@H]6C[C@H](O)[C@H](O[C@H]7C[C@H](O)[C@H](O[C@H]8C[C@H](O)[C@H](O)[C@@H](C)O8)[C@@H](C)O7)[C@@H](C)O6)CC[C@]5(C)C4C[C@@H](O)[C@]23C)CO1. The first-order valence-corrected chi connectivity index (χ1v) is 21.1. The summed E-state index contributed by atoms with van der Waals surface area (Å²) >= 11 is 0. The molecule has 7 fully saturated rings. The van der Waals surface area contributed by atoms with Gasteiger partial charge < -0.3 is 63.8 Å². The minimum atomic E-state index is -0.999. The summed E-state index contributed by atoms with van der Waals surface area (Å²) in [6, 6.07) is 0. The van der Waals surface area contributed by atoms with Gasteiger partial charge in [-0.15, -0.1) is 0 Å². The van der Waals surface area contributed by atoms with E-state index in [2.05, 4.69) is 20.4 Å². The van der Waals surface area contributed by atoms with Crippen LogP contribution in [0.25, 0.3) is 0 Å². The molecule has 2 unspecified atom stereocenters. The molecule has 4 saturated carbocycles. The highest BCUT2D eigenvalue weighted by atomic mass is 16.7. The van der Waals surface area contributed by atoms with E-state index in [4.69, 9.17) is 33.2 Å². The van der Waals surface area contributed by atoms with Crippen LogP contribution in [0.5, 0.6) is 0 Å². The van der Waals surface area contributed by atoms with Crippen LogP contribution in [0.3, 0.4) is 0 Å². The van der Waals surface area contributed by atoms with Crippen LogP contribution in [-0.4, -0.2) is 129 Å². The third kappa shape index (κ3) is 6.97. The van der Waals surface area contributed by atoms with Crippen molar-refractivity contribution in [3.63, 3.8) is 0 Å². The van der Waals surface area contributed by atoms with Gasteiger partial charge in [-0.05, 0) is 113 Å². The predicted molar refractivity (Wildman–Crippen MR) is 197 cm³/mol. The fraction of sp³-hybridized carbons (Fsp3) is 0.905. The number of fused-ring (bicyclic) bond motifs is 5. The standard InChI is InChI=1S/C42H66O13/c1-20-13-24(19-49-20)27-10-12-42(48)28-8-7-25-14-26(9-11-40(25,5)29(28)15-33(46)41(27,42)6)53-34-17-31(44)38(22(3)51-34)55-36-18-32(45)39(23(4)52-36)54-35-16-30(43)37(47)21(2)50-35/h13,21-23,25-39,43-48H,1,7-12,14-19H2,2-6H3/t21-,22-,23-,25-,26+,27-,28?,29?,30+,31+,32+,33-,34+,35+,36+,37-,38-,39-,40+,41+,42+/m1/s1. The molecule has 6 N–H and O–H groups in total. The second kappa shape index (κ2) is 15.1. The molecule has 4 heterocycles. The Kier molecular flexibility index (Phi) is 11.2. The third-order valence-corrected chi connectivity index (χ3v) is 16.0. The molecule has 0 aromatic heterocycles. The molecule has 8 aliphatic rings. The lowest BCUT2D eigenvalue weighted by Crippen LogP contribution is -2.67. The zero-order chi connectivity index (χ0) is 39.2. The lowest BCUT2D eigenvalue weighted by atomic mass is 9.42. The van der Waals surface area contributed by atoms with Crippen LogP contribution in [0.1, 0.15) is 105 Å². The Bertz CT molecular complexity index is 1410. The van der Waals surface area contributed by atoms with Gasteiger partial charge in [-0.25, -0.2) is 0 Å². The van der Waals surface area contributed by atoms with Crippen LogP contribution in [0, 0.1) is 34.5 Å². The topological polar surface area (TPSA) is 186 Å². The highest BCUT2D eigenvalue weighted by molar-refractivity contribution is 5.32. The van der Waals surface area contributed by atoms with Crippen molar-refractivity contribution < 1.29 is 63.8 Å². The molecule has 312 valence electrons. The van der Waals surface area contributed by atoms with Crippen LogP contribution in [0.2, 0.25) is 0 Å². The summed E-state index contributed by atoms with van der Waals surface area (Å²) in [6.07, 6.45) is -0.384. The van der Waals surface area contributed by atoms with Gasteiger partial charge >= 0.3 is 0 Å². The van der Waals surface area contributed by atoms with Crippen molar-refractivity contribution in [3.8, 4) is 0 Å². The largest absolute Gasteiger partial charge is 0.490 e. The summed E-state index contributed by atoms with van der Waals surface area (Å²) in [5, 5.41) is 67.0. The van der Waals surface area contributed by atoms with E-state index in [-0.39, 0.29) is 48.5 Å². The van der Waals surface area contributed by atoms with Gasteiger partial charge in [0, 0.05) is 24.7 Å². The van der Waals surface area contributed by atoms with Crippen LogP contribution < -0.4 is 0 Å². The van der Waals surface area contributed by atoms with E-state index in [1.165, 1.54) is 0 Å². The van der Waals surface area contributed by atoms with E-state index >= 15 is 0 Å². The Labute approximate surface area is 325 Å². The lowest BCUT2D eigenvalue weighted by Gasteiger charge is -2.65. The average molecular weight is 779 g/mol. The maximum Gasteiger partial charge on any atom is 0.161 e. The minimum absolute atomic E-state index is 0.0144. The molecule has 21 atom stereocenters. The fourth-order valence-corrected chi connectivity index (χ4v) is 12.8. The molecule has 3 saturated heterocycles. The van der Waals surface area contributed by atoms with Crippen molar-refractivity contribution in [2.24, 2.45) is 34.5 Å². The zero-order valence-corrected chi connectivity index (χ0v) is 33.2. The van der Waals surface area contributed by atoms with Gasteiger partial charge in [-0.1, -0.05) is 20.4 Å². The van der Waals surface area contributed by atoms with Crippen molar-refractivity contribution in [3.05, 3.63) is 24.0 Å². The van der Waals surface area contributed by atoms with E-state index in [1.807, 2.05) is 13.0 Å². The maximum atomic E-state index is 12.6. The van der Waals surface area contributed by atoms with Crippen LogP contribution in [-0.2, 0) is 33.2 Å². The van der Waals surface area contributed by atoms with Gasteiger partial charge in [0.1, 0.15) is 30.7 Å². The molecule has 13 nitrogen and oxygen atoms in total. The van der Waals surface area contributed by atoms with E-state index in [9.17, 15) is 30.6 Å². The Hall–Kier alpha value is -1.20. The predicted octanol–water partition coefficient (Wildman–Crippen LogP) is 3.21. The molecular formula is C42H66O13. The first kappa shape index (κ1) is 40.6. The van der Waals surface area contributed by atoms with Gasteiger partial charge in [0.05, 0.1) is 54.4 Å². The number of hydrogen-bond donors (Lipinski definition) is 6. The number of ether oxygens (including phenoxy) is 7. The average Bonchev–Trinajstić information content (AvgIpc) is 3.67. The smallest absolute Gasteiger partial charge is 0.161 e. The minimum Gasteiger partial charge on any atom is -0.490 e. The van der Waals surface area contributed by atoms with E-state index in [1.54, 1.807) is 13.8 Å². The molecule has 0 spiro atoms. The fourth-order valence-electron chi connectivity index (χ4n) is 12.8. The lowest BCUT2D eigenvalue weighted by molar-refractivity contribution is -0.336. The molecule has 0 aromatic carbocycles. The summed E-state index contributed by atoms with van der Waals surface area (Å²) in [5.74, 6) is 1.51. The number of rotatable bonds is 7. The number of allylic oxidation sites excluding steroid dienone is 1. The third-order valence-electron chi connectivity index (χ3n) is 16.0. The molecule has 8 rings (SSSR count). The van der Waals surface area contributed by atoms with E-state index in [0.29, 0.717) is 31.1 Å². The Morgan fingerprint density at radius 3 is 1.87 bits per heavy atom. The van der Waals surface area contributed by atoms with Crippen LogP contribution in [0.15, 0.2) is 24.0 Å². The first-order chi connectivity index (χ1) is 26.0. The van der Waals surface area contributed by atoms with Gasteiger partial charge in [0.25, 0.3) is 0 Å².